The Labute approximate surface area is 122 Å². The lowest BCUT2D eigenvalue weighted by atomic mass is 9.95. The zero-order valence-corrected chi connectivity index (χ0v) is 12.3. The van der Waals surface area contributed by atoms with Gasteiger partial charge in [-0.15, -0.1) is 0 Å². The second-order valence-electron chi connectivity index (χ2n) is 5.62. The summed E-state index contributed by atoms with van der Waals surface area (Å²) in [6.07, 6.45) is 2.25. The molecule has 2 unspecified atom stereocenters. The summed E-state index contributed by atoms with van der Waals surface area (Å²) in [5.74, 6) is -0.510. The lowest BCUT2D eigenvalue weighted by Crippen LogP contribution is -2.19. The first kappa shape index (κ1) is 13.4. The SMILES string of the molecule is CC(C(=O)O)C(C)c1nc2ccc(Cl)cc2n1C1CC1. The molecule has 0 radical (unpaired) electrons. The molecule has 5 heteroatoms. The van der Waals surface area contributed by atoms with E-state index in [1.165, 1.54) is 0 Å². The molecule has 0 bridgehead atoms. The summed E-state index contributed by atoms with van der Waals surface area (Å²) in [7, 11) is 0. The maximum Gasteiger partial charge on any atom is 0.306 e. The van der Waals surface area contributed by atoms with Gasteiger partial charge in [0.25, 0.3) is 0 Å². The number of carboxylic acids is 1. The molecule has 1 heterocycles. The highest BCUT2D eigenvalue weighted by atomic mass is 35.5. The normalized spacial score (nSPS) is 18.1. The molecule has 3 rings (SSSR count). The van der Waals surface area contributed by atoms with E-state index in [1.54, 1.807) is 6.92 Å². The van der Waals surface area contributed by atoms with Crippen molar-refractivity contribution >= 4 is 28.6 Å². The highest BCUT2D eigenvalue weighted by Crippen LogP contribution is 2.41. The Balaban J connectivity index is 2.14. The van der Waals surface area contributed by atoms with Crippen LogP contribution in [0.4, 0.5) is 0 Å². The molecule has 2 aromatic rings. The number of carbonyl (C=O) groups is 1. The summed E-state index contributed by atoms with van der Waals surface area (Å²) >= 11 is 6.08. The lowest BCUT2D eigenvalue weighted by Gasteiger charge is -2.17. The predicted molar refractivity (Wildman–Crippen MR) is 78.2 cm³/mol. The summed E-state index contributed by atoms with van der Waals surface area (Å²) in [4.78, 5) is 15.9. The summed E-state index contributed by atoms with van der Waals surface area (Å²) in [5.41, 5.74) is 1.90. The minimum Gasteiger partial charge on any atom is -0.481 e. The quantitative estimate of drug-likeness (QED) is 0.931. The zero-order chi connectivity index (χ0) is 14.4. The number of carboxylic acid groups (broad SMARTS) is 1. The maximum atomic E-state index is 11.2. The summed E-state index contributed by atoms with van der Waals surface area (Å²) in [6, 6.07) is 6.09. The number of imidazole rings is 1. The van der Waals surface area contributed by atoms with E-state index < -0.39 is 11.9 Å². The number of nitrogens with zero attached hydrogens (tertiary/aromatic N) is 2. The van der Waals surface area contributed by atoms with E-state index in [9.17, 15) is 9.90 Å². The molecule has 1 aliphatic rings. The number of hydrogen-bond donors (Lipinski definition) is 1. The van der Waals surface area contributed by atoms with E-state index in [2.05, 4.69) is 9.55 Å². The van der Waals surface area contributed by atoms with E-state index >= 15 is 0 Å². The minimum absolute atomic E-state index is 0.126. The first-order valence-electron chi connectivity index (χ1n) is 6.89. The van der Waals surface area contributed by atoms with E-state index in [1.807, 2.05) is 25.1 Å². The number of hydrogen-bond acceptors (Lipinski definition) is 2. The van der Waals surface area contributed by atoms with Crippen molar-refractivity contribution in [2.24, 2.45) is 5.92 Å². The Morgan fingerprint density at radius 2 is 2.15 bits per heavy atom. The smallest absolute Gasteiger partial charge is 0.306 e. The summed E-state index contributed by atoms with van der Waals surface area (Å²) < 4.78 is 2.19. The fourth-order valence-electron chi connectivity index (χ4n) is 2.56. The van der Waals surface area contributed by atoms with E-state index in [4.69, 9.17) is 11.6 Å². The van der Waals surface area contributed by atoms with E-state index in [0.717, 1.165) is 29.7 Å². The molecule has 0 spiro atoms. The van der Waals surface area contributed by atoms with Crippen LogP contribution in [0.3, 0.4) is 0 Å². The van der Waals surface area contributed by atoms with Crippen molar-refractivity contribution in [3.8, 4) is 0 Å². The van der Waals surface area contributed by atoms with Gasteiger partial charge >= 0.3 is 5.97 Å². The van der Waals surface area contributed by atoms with Gasteiger partial charge in [0.15, 0.2) is 0 Å². The zero-order valence-electron chi connectivity index (χ0n) is 11.5. The van der Waals surface area contributed by atoms with Gasteiger partial charge in [0.1, 0.15) is 5.82 Å². The maximum absolute atomic E-state index is 11.2. The molecule has 2 atom stereocenters. The van der Waals surface area contributed by atoms with Crippen LogP contribution in [0.2, 0.25) is 5.02 Å². The van der Waals surface area contributed by atoms with Crippen molar-refractivity contribution in [1.29, 1.82) is 0 Å². The molecule has 1 fully saturated rings. The van der Waals surface area contributed by atoms with Crippen LogP contribution in [0.5, 0.6) is 0 Å². The van der Waals surface area contributed by atoms with Crippen LogP contribution in [0.1, 0.15) is 44.5 Å². The largest absolute Gasteiger partial charge is 0.481 e. The van der Waals surface area contributed by atoms with Crippen molar-refractivity contribution in [1.82, 2.24) is 9.55 Å². The Morgan fingerprint density at radius 1 is 1.45 bits per heavy atom. The number of rotatable bonds is 4. The molecule has 0 amide bonds. The first-order chi connectivity index (χ1) is 9.49. The highest BCUT2D eigenvalue weighted by molar-refractivity contribution is 6.31. The van der Waals surface area contributed by atoms with Gasteiger partial charge in [0.2, 0.25) is 0 Å². The van der Waals surface area contributed by atoms with Crippen molar-refractivity contribution in [2.75, 3.05) is 0 Å². The predicted octanol–water partition coefficient (Wildman–Crippen LogP) is 3.85. The number of aromatic nitrogens is 2. The summed E-state index contributed by atoms with van der Waals surface area (Å²) in [5, 5.41) is 9.90. The van der Waals surface area contributed by atoms with Crippen LogP contribution in [-0.4, -0.2) is 20.6 Å². The molecular formula is C15H17ClN2O2. The molecule has 4 nitrogen and oxygen atoms in total. The van der Waals surface area contributed by atoms with E-state index in [0.29, 0.717) is 11.1 Å². The van der Waals surface area contributed by atoms with Gasteiger partial charge in [-0.3, -0.25) is 4.79 Å². The van der Waals surface area contributed by atoms with Gasteiger partial charge in [0.05, 0.1) is 17.0 Å². The molecule has 106 valence electrons. The second kappa shape index (κ2) is 4.77. The fraction of sp³-hybridized carbons (Fsp3) is 0.467. The fourth-order valence-corrected chi connectivity index (χ4v) is 2.73. The van der Waals surface area contributed by atoms with Gasteiger partial charge in [-0.25, -0.2) is 4.98 Å². The molecule has 1 N–H and O–H groups in total. The average molecular weight is 293 g/mol. The van der Waals surface area contributed by atoms with Crippen LogP contribution in [-0.2, 0) is 4.79 Å². The van der Waals surface area contributed by atoms with Gasteiger partial charge in [-0.2, -0.15) is 0 Å². The average Bonchev–Trinajstić information content (AvgIpc) is 3.17. The van der Waals surface area contributed by atoms with Crippen LogP contribution >= 0.6 is 11.6 Å². The topological polar surface area (TPSA) is 55.1 Å². The Morgan fingerprint density at radius 3 is 2.75 bits per heavy atom. The van der Waals surface area contributed by atoms with Gasteiger partial charge < -0.3 is 9.67 Å². The Hall–Kier alpha value is -1.55. The third-order valence-corrected chi connectivity index (χ3v) is 4.37. The van der Waals surface area contributed by atoms with Gasteiger partial charge in [0, 0.05) is 17.0 Å². The van der Waals surface area contributed by atoms with Crippen molar-refractivity contribution in [3.05, 3.63) is 29.0 Å². The molecule has 0 aliphatic heterocycles. The van der Waals surface area contributed by atoms with Crippen molar-refractivity contribution < 1.29 is 9.90 Å². The third-order valence-electron chi connectivity index (χ3n) is 4.14. The number of fused-ring (bicyclic) bond motifs is 1. The summed E-state index contributed by atoms with van der Waals surface area (Å²) in [6.45, 7) is 3.66. The monoisotopic (exact) mass is 292 g/mol. The standard InChI is InChI=1S/C15H17ClN2O2/c1-8(9(2)15(19)20)14-17-12-6-3-10(16)7-13(12)18(14)11-4-5-11/h3,6-9,11H,4-5H2,1-2H3,(H,19,20). The number of aliphatic carboxylic acids is 1. The molecular weight excluding hydrogens is 276 g/mol. The Kier molecular flexibility index (Phi) is 3.21. The van der Waals surface area contributed by atoms with Gasteiger partial charge in [-0.1, -0.05) is 25.4 Å². The molecule has 0 saturated heterocycles. The number of benzene rings is 1. The first-order valence-corrected chi connectivity index (χ1v) is 7.27. The van der Waals surface area contributed by atoms with Crippen LogP contribution in [0, 0.1) is 5.92 Å². The van der Waals surface area contributed by atoms with E-state index in [-0.39, 0.29) is 5.92 Å². The van der Waals surface area contributed by atoms with Crippen molar-refractivity contribution in [3.63, 3.8) is 0 Å². The van der Waals surface area contributed by atoms with Crippen molar-refractivity contribution in [2.45, 2.75) is 38.6 Å². The van der Waals surface area contributed by atoms with Crippen LogP contribution in [0.15, 0.2) is 18.2 Å². The molecule has 20 heavy (non-hydrogen) atoms. The van der Waals surface area contributed by atoms with Crippen LogP contribution < -0.4 is 0 Å². The third kappa shape index (κ3) is 2.18. The molecule has 1 saturated carbocycles. The molecule has 1 aromatic heterocycles. The highest BCUT2D eigenvalue weighted by Gasteiger charge is 2.32. The van der Waals surface area contributed by atoms with Crippen LogP contribution in [0.25, 0.3) is 11.0 Å². The molecule has 1 aliphatic carbocycles. The molecule has 1 aromatic carbocycles. The second-order valence-corrected chi connectivity index (χ2v) is 6.06. The Bertz CT molecular complexity index is 676. The van der Waals surface area contributed by atoms with Gasteiger partial charge in [-0.05, 0) is 31.0 Å². The lowest BCUT2D eigenvalue weighted by molar-refractivity contribution is -0.141. The minimum atomic E-state index is -0.787. The number of halogens is 1.